The molecule has 2 aromatic rings. The van der Waals surface area contributed by atoms with Crippen LogP contribution < -0.4 is 0 Å². The summed E-state index contributed by atoms with van der Waals surface area (Å²) in [5, 5.41) is 9.54. The normalized spacial score (nSPS) is 19.5. The Balaban J connectivity index is 2.16. The van der Waals surface area contributed by atoms with Crippen LogP contribution in [0.4, 0.5) is 13.2 Å². The van der Waals surface area contributed by atoms with Crippen molar-refractivity contribution in [3.63, 3.8) is 0 Å². The van der Waals surface area contributed by atoms with Crippen molar-refractivity contribution < 1.29 is 23.1 Å². The van der Waals surface area contributed by atoms with Crippen LogP contribution in [-0.4, -0.2) is 28.6 Å². The molecule has 0 bridgehead atoms. The number of hydrogen-bond donors (Lipinski definition) is 1. The lowest BCUT2D eigenvalue weighted by Crippen LogP contribution is -2.39. The summed E-state index contributed by atoms with van der Waals surface area (Å²) < 4.78 is 40.8. The van der Waals surface area contributed by atoms with Crippen molar-refractivity contribution in [1.82, 2.24) is 4.90 Å². The van der Waals surface area contributed by atoms with Crippen molar-refractivity contribution in [2.24, 2.45) is 0 Å². The highest BCUT2D eigenvalue weighted by atomic mass is 19.4. The molecule has 2 aromatic carbocycles. The number of rotatable bonds is 4. The van der Waals surface area contributed by atoms with Gasteiger partial charge in [0, 0.05) is 6.54 Å². The average molecular weight is 363 g/mol. The van der Waals surface area contributed by atoms with E-state index in [2.05, 4.69) is 0 Å². The van der Waals surface area contributed by atoms with E-state index in [1.54, 1.807) is 23.1 Å². The van der Waals surface area contributed by atoms with Crippen LogP contribution >= 0.6 is 0 Å². The SMILES string of the molecule is Cc1ccc(C(c2ccccc2C(F)(F)F)N2CCCC2C(=O)O)cc1. The van der Waals surface area contributed by atoms with Crippen LogP contribution in [0.25, 0.3) is 0 Å². The number of carbonyl (C=O) groups is 1. The molecule has 1 saturated heterocycles. The molecule has 0 radical (unpaired) electrons. The maximum Gasteiger partial charge on any atom is 0.416 e. The molecule has 1 fully saturated rings. The van der Waals surface area contributed by atoms with Gasteiger partial charge in [-0.1, -0.05) is 48.0 Å². The topological polar surface area (TPSA) is 40.5 Å². The molecule has 0 saturated carbocycles. The number of likely N-dealkylation sites (tertiary alicyclic amines) is 1. The third-order valence-electron chi connectivity index (χ3n) is 4.86. The Labute approximate surface area is 150 Å². The van der Waals surface area contributed by atoms with Crippen molar-refractivity contribution in [2.75, 3.05) is 6.54 Å². The first-order valence-electron chi connectivity index (χ1n) is 8.50. The van der Waals surface area contributed by atoms with Gasteiger partial charge in [-0.25, -0.2) is 0 Å². The number of hydrogen-bond acceptors (Lipinski definition) is 2. The minimum atomic E-state index is -4.50. The first-order chi connectivity index (χ1) is 12.3. The fraction of sp³-hybridized carbons (Fsp3) is 0.350. The minimum Gasteiger partial charge on any atom is -0.480 e. The number of carboxylic acid groups (broad SMARTS) is 1. The van der Waals surface area contributed by atoms with E-state index in [9.17, 15) is 23.1 Å². The minimum absolute atomic E-state index is 0.0944. The molecule has 6 heteroatoms. The van der Waals surface area contributed by atoms with E-state index in [0.717, 1.165) is 11.6 Å². The summed E-state index contributed by atoms with van der Waals surface area (Å²) in [6, 6.07) is 11.1. The van der Waals surface area contributed by atoms with Crippen LogP contribution in [0.3, 0.4) is 0 Å². The fourth-order valence-electron chi connectivity index (χ4n) is 3.66. The molecule has 3 rings (SSSR count). The number of halogens is 3. The Morgan fingerprint density at radius 1 is 1.15 bits per heavy atom. The third-order valence-corrected chi connectivity index (χ3v) is 4.86. The number of alkyl halides is 3. The van der Waals surface area contributed by atoms with E-state index in [4.69, 9.17) is 0 Å². The van der Waals surface area contributed by atoms with Crippen LogP contribution in [-0.2, 0) is 11.0 Å². The van der Waals surface area contributed by atoms with Gasteiger partial charge in [0.2, 0.25) is 0 Å². The van der Waals surface area contributed by atoms with Gasteiger partial charge in [0.25, 0.3) is 0 Å². The smallest absolute Gasteiger partial charge is 0.416 e. The van der Waals surface area contributed by atoms with Gasteiger partial charge in [-0.3, -0.25) is 9.69 Å². The lowest BCUT2D eigenvalue weighted by molar-refractivity contribution is -0.143. The molecule has 2 atom stereocenters. The second-order valence-electron chi connectivity index (χ2n) is 6.63. The van der Waals surface area contributed by atoms with Crippen LogP contribution in [0.5, 0.6) is 0 Å². The summed E-state index contributed by atoms with van der Waals surface area (Å²) in [5.74, 6) is -0.996. The van der Waals surface area contributed by atoms with Crippen molar-refractivity contribution in [3.8, 4) is 0 Å². The van der Waals surface area contributed by atoms with E-state index in [1.165, 1.54) is 12.1 Å². The molecular weight excluding hydrogens is 343 g/mol. The van der Waals surface area contributed by atoms with Gasteiger partial charge in [0.1, 0.15) is 6.04 Å². The van der Waals surface area contributed by atoms with E-state index < -0.39 is 29.8 Å². The molecule has 2 unspecified atom stereocenters. The summed E-state index contributed by atoms with van der Waals surface area (Å²) in [6.07, 6.45) is -3.42. The van der Waals surface area contributed by atoms with E-state index in [1.807, 2.05) is 19.1 Å². The molecule has 26 heavy (non-hydrogen) atoms. The summed E-state index contributed by atoms with van der Waals surface area (Å²) in [7, 11) is 0. The second kappa shape index (κ2) is 7.11. The predicted octanol–water partition coefficient (Wildman–Crippen LogP) is 4.65. The molecular formula is C20H20F3NO2. The monoisotopic (exact) mass is 363 g/mol. The van der Waals surface area contributed by atoms with Crippen LogP contribution in [0.15, 0.2) is 48.5 Å². The molecule has 0 spiro atoms. The van der Waals surface area contributed by atoms with E-state index in [-0.39, 0.29) is 5.56 Å². The number of carboxylic acids is 1. The largest absolute Gasteiger partial charge is 0.480 e. The van der Waals surface area contributed by atoms with Gasteiger partial charge in [-0.15, -0.1) is 0 Å². The van der Waals surface area contributed by atoms with Crippen LogP contribution in [0.2, 0.25) is 0 Å². The number of aliphatic carboxylic acids is 1. The maximum atomic E-state index is 13.6. The zero-order valence-corrected chi connectivity index (χ0v) is 14.3. The van der Waals surface area contributed by atoms with Gasteiger partial charge >= 0.3 is 12.1 Å². The zero-order chi connectivity index (χ0) is 18.9. The maximum absolute atomic E-state index is 13.6. The quantitative estimate of drug-likeness (QED) is 0.859. The summed E-state index contributed by atoms with van der Waals surface area (Å²) in [6.45, 7) is 2.35. The summed E-state index contributed by atoms with van der Waals surface area (Å²) in [5.41, 5.74) is 1.03. The standard InChI is InChI=1S/C20H20F3NO2/c1-13-8-10-14(11-9-13)18(24-12-4-7-17(24)19(25)26)15-5-2-3-6-16(15)20(21,22)23/h2-3,5-6,8-11,17-18H,4,7,12H2,1H3,(H,25,26). The van der Waals surface area contributed by atoms with Crippen LogP contribution in [0, 0.1) is 6.92 Å². The molecule has 0 aliphatic carbocycles. The van der Waals surface area contributed by atoms with Crippen molar-refractivity contribution in [3.05, 3.63) is 70.8 Å². The van der Waals surface area contributed by atoms with E-state index >= 15 is 0 Å². The Morgan fingerprint density at radius 3 is 2.42 bits per heavy atom. The highest BCUT2D eigenvalue weighted by Gasteiger charge is 2.41. The third kappa shape index (κ3) is 3.60. The predicted molar refractivity (Wildman–Crippen MR) is 91.8 cm³/mol. The lowest BCUT2D eigenvalue weighted by atomic mass is 9.91. The first-order valence-corrected chi connectivity index (χ1v) is 8.50. The molecule has 138 valence electrons. The van der Waals surface area contributed by atoms with Gasteiger partial charge in [-0.05, 0) is 37.0 Å². The van der Waals surface area contributed by atoms with Gasteiger partial charge in [0.15, 0.2) is 0 Å². The first kappa shape index (κ1) is 18.5. The van der Waals surface area contributed by atoms with E-state index in [0.29, 0.717) is 24.9 Å². The zero-order valence-electron chi connectivity index (χ0n) is 14.3. The Hall–Kier alpha value is -2.34. The second-order valence-corrected chi connectivity index (χ2v) is 6.63. The number of benzene rings is 2. The molecule has 3 nitrogen and oxygen atoms in total. The summed E-state index contributed by atoms with van der Waals surface area (Å²) in [4.78, 5) is 13.3. The molecule has 1 heterocycles. The van der Waals surface area contributed by atoms with Crippen molar-refractivity contribution in [2.45, 2.75) is 38.0 Å². The Kier molecular flexibility index (Phi) is 5.05. The molecule has 1 N–H and O–H groups in total. The summed E-state index contributed by atoms with van der Waals surface area (Å²) >= 11 is 0. The lowest BCUT2D eigenvalue weighted by Gasteiger charge is -2.33. The molecule has 0 aromatic heterocycles. The highest BCUT2D eigenvalue weighted by Crippen LogP contribution is 2.41. The number of aryl methyl sites for hydroxylation is 1. The highest BCUT2D eigenvalue weighted by molar-refractivity contribution is 5.74. The van der Waals surface area contributed by atoms with Gasteiger partial charge < -0.3 is 5.11 Å². The molecule has 1 aliphatic heterocycles. The molecule has 0 amide bonds. The fourth-order valence-corrected chi connectivity index (χ4v) is 3.66. The van der Waals surface area contributed by atoms with Gasteiger partial charge in [0.05, 0.1) is 11.6 Å². The Morgan fingerprint density at radius 2 is 1.81 bits per heavy atom. The Bertz CT molecular complexity index is 786. The van der Waals surface area contributed by atoms with Crippen molar-refractivity contribution >= 4 is 5.97 Å². The van der Waals surface area contributed by atoms with Crippen molar-refractivity contribution in [1.29, 1.82) is 0 Å². The average Bonchev–Trinajstić information content (AvgIpc) is 3.06. The number of nitrogens with zero attached hydrogens (tertiary/aromatic N) is 1. The van der Waals surface area contributed by atoms with Gasteiger partial charge in [-0.2, -0.15) is 13.2 Å². The molecule has 1 aliphatic rings. The van der Waals surface area contributed by atoms with Crippen LogP contribution in [0.1, 0.15) is 41.1 Å².